The van der Waals surface area contributed by atoms with Crippen LogP contribution in [0.5, 0.6) is 0 Å². The van der Waals surface area contributed by atoms with Crippen LogP contribution in [-0.4, -0.2) is 204 Å². The maximum atomic E-state index is 13.8. The van der Waals surface area contributed by atoms with Crippen LogP contribution in [0.4, 0.5) is 0 Å². The monoisotopic (exact) mass is 1140 g/mol. The minimum Gasteiger partial charge on any atom is -0.479 e. The van der Waals surface area contributed by atoms with Gasteiger partial charge in [-0.25, -0.2) is 14.4 Å². The second kappa shape index (κ2) is 22.8. The molecule has 0 amide bonds. The van der Waals surface area contributed by atoms with E-state index in [1.54, 1.807) is 39.8 Å². The number of carboxylic acids is 1. The van der Waals surface area contributed by atoms with Gasteiger partial charge in [-0.15, -0.1) is 0 Å². The summed E-state index contributed by atoms with van der Waals surface area (Å²) in [4.78, 5) is 40.4. The average molecular weight is 1140 g/mol. The molecule has 0 radical (unpaired) electrons. The normalized spacial score (nSPS) is 49.2. The van der Waals surface area contributed by atoms with E-state index >= 15 is 0 Å². The first-order valence-electron chi connectivity index (χ1n) is 28.5. The molecule has 4 saturated carbocycles. The maximum absolute atomic E-state index is 13.8. The van der Waals surface area contributed by atoms with Gasteiger partial charge in [-0.05, 0) is 119 Å². The van der Waals surface area contributed by atoms with Crippen LogP contribution in [0, 0.1) is 50.2 Å². The number of allylic oxidation sites excluding steroid dienone is 4. The zero-order valence-corrected chi connectivity index (χ0v) is 48.2. The fourth-order valence-electron chi connectivity index (χ4n) is 16.3. The number of esters is 2. The van der Waals surface area contributed by atoms with Crippen molar-refractivity contribution in [2.75, 3.05) is 13.2 Å². The number of ether oxygens (including phenoxy) is 8. The third kappa shape index (κ3) is 10.1. The Morgan fingerprint density at radius 1 is 0.662 bits per heavy atom. The van der Waals surface area contributed by atoms with Gasteiger partial charge in [0, 0.05) is 16.6 Å². The third-order valence-corrected chi connectivity index (χ3v) is 21.6. The Morgan fingerprint density at radius 2 is 1.24 bits per heavy atom. The van der Waals surface area contributed by atoms with Crippen molar-refractivity contribution in [1.82, 2.24) is 0 Å². The van der Waals surface area contributed by atoms with E-state index in [1.807, 2.05) is 13.8 Å². The molecule has 22 nitrogen and oxygen atoms in total. The summed E-state index contributed by atoms with van der Waals surface area (Å²) in [5.74, 6) is -3.41. The Kier molecular flexibility index (Phi) is 17.9. The van der Waals surface area contributed by atoms with Crippen molar-refractivity contribution in [3.8, 4) is 0 Å². The standard InChI is InChI=1S/C58H90O22/c1-13-25(3)48(71)79-45-46(80-49(72)26(4)14-2)58(24-60)29(21-53(45,6)7)28-15-16-32-55(10)19-18-34(54(8,9)31(55)17-20-56(32,11)57(28,12)22-33(58)61)75-52-44(78-51-40(67)38(65)36(63)30(23-59)74-51)42(41(68)43(77-52)47(69)70)76-50-39(66)37(64)35(62)27(5)73-50/h13-15,27,29-46,50-52,59-68H,16-24H2,1-12H3,(H,69,70). The summed E-state index contributed by atoms with van der Waals surface area (Å²) in [5, 5.41) is 122. The van der Waals surface area contributed by atoms with Crippen LogP contribution in [-0.2, 0) is 52.3 Å². The van der Waals surface area contributed by atoms with Gasteiger partial charge < -0.3 is 94.1 Å². The van der Waals surface area contributed by atoms with Gasteiger partial charge in [0.25, 0.3) is 0 Å². The zero-order chi connectivity index (χ0) is 59.3. The van der Waals surface area contributed by atoms with E-state index in [1.165, 1.54) is 6.92 Å². The van der Waals surface area contributed by atoms with Crippen molar-refractivity contribution < 1.29 is 108 Å². The number of hydrogen-bond acceptors (Lipinski definition) is 21. The molecule has 3 heterocycles. The lowest BCUT2D eigenvalue weighted by atomic mass is 9.33. The summed E-state index contributed by atoms with van der Waals surface area (Å²) in [5.41, 5.74) is -2.72. The summed E-state index contributed by atoms with van der Waals surface area (Å²) < 4.78 is 49.5. The molecule has 0 aromatic heterocycles. The predicted molar refractivity (Wildman–Crippen MR) is 280 cm³/mol. The van der Waals surface area contributed by atoms with Crippen LogP contribution in [0.1, 0.15) is 128 Å². The number of aliphatic carboxylic acids is 1. The fourth-order valence-corrected chi connectivity index (χ4v) is 16.3. The molecule has 80 heavy (non-hydrogen) atoms. The van der Waals surface area contributed by atoms with E-state index in [0.717, 1.165) is 5.57 Å². The van der Waals surface area contributed by atoms with E-state index in [-0.39, 0.29) is 18.3 Å². The lowest BCUT2D eigenvalue weighted by Crippen LogP contribution is -2.72. The Hall–Kier alpha value is -3.01. The van der Waals surface area contributed by atoms with Gasteiger partial charge in [-0.1, -0.05) is 72.3 Å². The second-order valence-electron chi connectivity index (χ2n) is 26.4. The molecule has 0 bridgehead atoms. The second-order valence-corrected chi connectivity index (χ2v) is 26.4. The molecule has 0 aromatic carbocycles. The van der Waals surface area contributed by atoms with E-state index in [0.29, 0.717) is 49.7 Å². The lowest BCUT2D eigenvalue weighted by Gasteiger charge is -2.72. The molecule has 0 aromatic rings. The number of rotatable bonds is 13. The maximum Gasteiger partial charge on any atom is 0.335 e. The third-order valence-electron chi connectivity index (χ3n) is 21.6. The van der Waals surface area contributed by atoms with Crippen molar-refractivity contribution >= 4 is 17.9 Å². The van der Waals surface area contributed by atoms with Crippen molar-refractivity contribution in [2.45, 2.75) is 245 Å². The first-order chi connectivity index (χ1) is 37.3. The number of hydrogen-bond donors (Lipinski definition) is 11. The first-order valence-corrected chi connectivity index (χ1v) is 28.5. The fraction of sp³-hybridized carbons (Fsp3) is 0.845. The first kappa shape index (κ1) is 63.0. The van der Waals surface area contributed by atoms with Gasteiger partial charge in [0.1, 0.15) is 67.1 Å². The number of aliphatic hydroxyl groups is 10. The topological polar surface area (TPSA) is 348 Å². The highest BCUT2D eigenvalue weighted by molar-refractivity contribution is 5.89. The SMILES string of the molecule is CC=C(C)C(=O)OC1C(OC(=O)C(C)=CC)C2(CO)C(O)CC3(C)C(=CCC4C5(C)CCC(OC6OC(C(=O)O)C(O)C(OC7OC(C)C(O)C(O)C7O)C6OC6OC(CO)C(O)C(O)C6O)C(C)(C)C5CCC43C)C2CC1(C)C. The summed E-state index contributed by atoms with van der Waals surface area (Å²) in [7, 11) is 0. The van der Waals surface area contributed by atoms with Crippen LogP contribution in [0.2, 0.25) is 0 Å². The van der Waals surface area contributed by atoms with Crippen LogP contribution in [0.25, 0.3) is 0 Å². The molecule has 8 aliphatic rings. The zero-order valence-electron chi connectivity index (χ0n) is 48.2. The summed E-state index contributed by atoms with van der Waals surface area (Å²) in [6.45, 7) is 21.6. The molecule has 26 atom stereocenters. The van der Waals surface area contributed by atoms with Gasteiger partial charge in [-0.3, -0.25) is 0 Å². The highest BCUT2D eigenvalue weighted by atomic mass is 16.8. The smallest absolute Gasteiger partial charge is 0.335 e. The lowest BCUT2D eigenvalue weighted by molar-refractivity contribution is -0.395. The molecule has 7 fully saturated rings. The molecule has 3 saturated heterocycles. The number of fused-ring (bicyclic) bond motifs is 7. The van der Waals surface area contributed by atoms with Gasteiger partial charge in [0.15, 0.2) is 31.1 Å². The van der Waals surface area contributed by atoms with E-state index in [2.05, 4.69) is 40.7 Å². The van der Waals surface area contributed by atoms with E-state index < -0.39 is 186 Å². The highest BCUT2D eigenvalue weighted by Crippen LogP contribution is 2.76. The summed E-state index contributed by atoms with van der Waals surface area (Å²) >= 11 is 0. The quantitative estimate of drug-likeness (QED) is 0.0541. The highest BCUT2D eigenvalue weighted by Gasteiger charge is 2.74. The largest absolute Gasteiger partial charge is 0.479 e. The van der Waals surface area contributed by atoms with Crippen molar-refractivity contribution in [3.05, 3.63) is 34.9 Å². The minimum atomic E-state index is -2.11. The number of carboxylic acid groups (broad SMARTS) is 1. The van der Waals surface area contributed by atoms with Crippen LogP contribution in [0.15, 0.2) is 34.9 Å². The predicted octanol–water partition coefficient (Wildman–Crippen LogP) is 1.68. The molecule has 0 spiro atoms. The van der Waals surface area contributed by atoms with E-state index in [4.69, 9.17) is 37.9 Å². The number of aliphatic hydroxyl groups excluding tert-OH is 10. The van der Waals surface area contributed by atoms with Gasteiger partial charge in [-0.2, -0.15) is 0 Å². The summed E-state index contributed by atoms with van der Waals surface area (Å²) in [6.07, 6.45) is -21.9. The van der Waals surface area contributed by atoms with Gasteiger partial charge >= 0.3 is 17.9 Å². The number of carbonyl (C=O) groups is 3. The van der Waals surface area contributed by atoms with Crippen LogP contribution >= 0.6 is 0 Å². The molecular weight excluding hydrogens is 1050 g/mol. The molecule has 5 aliphatic carbocycles. The average Bonchev–Trinajstić information content (AvgIpc) is 1.97. The minimum absolute atomic E-state index is 0.0207. The van der Waals surface area contributed by atoms with Crippen molar-refractivity contribution in [2.24, 2.45) is 50.2 Å². The molecule has 8 rings (SSSR count). The molecule has 26 unspecified atom stereocenters. The van der Waals surface area contributed by atoms with Crippen LogP contribution in [0.3, 0.4) is 0 Å². The van der Waals surface area contributed by atoms with Gasteiger partial charge in [0.2, 0.25) is 0 Å². The Bertz CT molecular complexity index is 2390. The Labute approximate surface area is 468 Å². The van der Waals surface area contributed by atoms with Gasteiger partial charge in [0.05, 0.1) is 36.9 Å². The van der Waals surface area contributed by atoms with Crippen molar-refractivity contribution in [1.29, 1.82) is 0 Å². The Balaban J connectivity index is 1.13. The molecule has 3 aliphatic heterocycles. The number of carbonyl (C=O) groups excluding carboxylic acids is 2. The van der Waals surface area contributed by atoms with E-state index in [9.17, 15) is 70.6 Å². The molecular formula is C58H90O22. The summed E-state index contributed by atoms with van der Waals surface area (Å²) in [6, 6.07) is 0. The van der Waals surface area contributed by atoms with Crippen molar-refractivity contribution in [3.63, 3.8) is 0 Å². The van der Waals surface area contributed by atoms with Crippen LogP contribution < -0.4 is 0 Å². The molecule has 11 N–H and O–H groups in total. The Morgan fingerprint density at radius 3 is 1.81 bits per heavy atom. The molecule has 22 heteroatoms. The molecule has 454 valence electrons.